The minimum Gasteiger partial charge on any atom is -0.462 e. The summed E-state index contributed by atoms with van der Waals surface area (Å²) in [5, 5.41) is 0. The van der Waals surface area contributed by atoms with Crippen LogP contribution in [0.4, 0.5) is 0 Å². The molecule has 0 saturated heterocycles. The van der Waals surface area contributed by atoms with Crippen LogP contribution < -0.4 is 0 Å². The summed E-state index contributed by atoms with van der Waals surface area (Å²) in [7, 11) is 0. The molecule has 2 saturated carbocycles. The number of ether oxygens (including phenoxy) is 2. The van der Waals surface area contributed by atoms with E-state index in [1.165, 1.54) is 19.3 Å². The molecule has 0 aromatic heterocycles. The van der Waals surface area contributed by atoms with E-state index in [4.69, 9.17) is 9.47 Å². The molecule has 0 N–H and O–H groups in total. The molecule has 4 nitrogen and oxygen atoms in total. The van der Waals surface area contributed by atoms with Gasteiger partial charge in [0.25, 0.3) is 0 Å². The van der Waals surface area contributed by atoms with Crippen LogP contribution in [-0.2, 0) is 19.1 Å². The lowest BCUT2D eigenvalue weighted by Crippen LogP contribution is -2.25. The molecule has 0 radical (unpaired) electrons. The summed E-state index contributed by atoms with van der Waals surface area (Å²) in [6.45, 7) is 4.15. The van der Waals surface area contributed by atoms with E-state index >= 15 is 0 Å². The van der Waals surface area contributed by atoms with Crippen LogP contribution in [0.5, 0.6) is 0 Å². The van der Waals surface area contributed by atoms with Crippen molar-refractivity contribution in [2.75, 3.05) is 13.2 Å². The Morgan fingerprint density at radius 2 is 1.89 bits per heavy atom. The van der Waals surface area contributed by atoms with Gasteiger partial charge in [0.1, 0.15) is 13.2 Å². The van der Waals surface area contributed by atoms with Gasteiger partial charge in [0.2, 0.25) is 0 Å². The Morgan fingerprint density at radius 1 is 1.16 bits per heavy atom. The molecular formula is C15H24O4. The van der Waals surface area contributed by atoms with E-state index in [1.807, 2.05) is 13.8 Å². The zero-order valence-electron chi connectivity index (χ0n) is 11.9. The minimum atomic E-state index is -0.210. The molecule has 0 aromatic rings. The first-order valence-corrected chi connectivity index (χ1v) is 7.45. The molecule has 0 aliphatic heterocycles. The molecule has 2 bridgehead atoms. The summed E-state index contributed by atoms with van der Waals surface area (Å²) in [4.78, 5) is 23.3. The molecule has 0 amide bonds. The van der Waals surface area contributed by atoms with E-state index in [-0.39, 0.29) is 37.0 Å². The second kappa shape index (κ2) is 6.40. The highest BCUT2D eigenvalue weighted by molar-refractivity contribution is 5.73. The molecule has 0 heterocycles. The van der Waals surface area contributed by atoms with Crippen molar-refractivity contribution >= 4 is 11.9 Å². The van der Waals surface area contributed by atoms with Crippen molar-refractivity contribution in [1.82, 2.24) is 0 Å². The second-order valence-electron chi connectivity index (χ2n) is 5.93. The highest BCUT2D eigenvalue weighted by Crippen LogP contribution is 2.48. The SMILES string of the molecule is CCC(C)C(=O)OCCOC(=O)C1CC2CCC1C2. The molecule has 4 atom stereocenters. The average molecular weight is 268 g/mol. The van der Waals surface area contributed by atoms with Crippen LogP contribution >= 0.6 is 0 Å². The molecule has 2 fully saturated rings. The van der Waals surface area contributed by atoms with Crippen LogP contribution in [0.3, 0.4) is 0 Å². The summed E-state index contributed by atoms with van der Waals surface area (Å²) in [6.07, 6.45) is 5.41. The molecule has 0 aromatic carbocycles. The molecule has 4 unspecified atom stereocenters. The van der Waals surface area contributed by atoms with E-state index in [0.717, 1.165) is 18.8 Å². The van der Waals surface area contributed by atoms with Crippen molar-refractivity contribution in [2.24, 2.45) is 23.7 Å². The number of carbonyl (C=O) groups excluding carboxylic acids is 2. The Balaban J connectivity index is 1.61. The number of hydrogen-bond donors (Lipinski definition) is 0. The average Bonchev–Trinajstić information content (AvgIpc) is 3.04. The summed E-state index contributed by atoms with van der Waals surface area (Å²) >= 11 is 0. The van der Waals surface area contributed by atoms with Crippen molar-refractivity contribution in [2.45, 2.75) is 46.0 Å². The fraction of sp³-hybridized carbons (Fsp3) is 0.867. The molecule has 108 valence electrons. The van der Waals surface area contributed by atoms with Crippen molar-refractivity contribution < 1.29 is 19.1 Å². The predicted octanol–water partition coefficient (Wildman–Crippen LogP) is 2.56. The number of carbonyl (C=O) groups is 2. The Kier molecular flexibility index (Phi) is 4.83. The number of rotatable bonds is 6. The van der Waals surface area contributed by atoms with Crippen LogP contribution in [0.2, 0.25) is 0 Å². The number of hydrogen-bond acceptors (Lipinski definition) is 4. The first-order chi connectivity index (χ1) is 9.11. The lowest BCUT2D eigenvalue weighted by Gasteiger charge is -2.19. The lowest BCUT2D eigenvalue weighted by atomic mass is 9.89. The third-order valence-corrected chi connectivity index (χ3v) is 4.63. The fourth-order valence-corrected chi connectivity index (χ4v) is 3.23. The number of fused-ring (bicyclic) bond motifs is 2. The molecule has 4 heteroatoms. The standard InChI is InChI=1S/C15H24O4/c1-3-10(2)14(16)18-6-7-19-15(17)13-9-11-4-5-12(13)8-11/h10-13H,3-9H2,1-2H3. The molecule has 2 aliphatic rings. The van der Waals surface area contributed by atoms with Crippen LogP contribution in [-0.4, -0.2) is 25.2 Å². The Labute approximate surface area is 114 Å². The van der Waals surface area contributed by atoms with Crippen molar-refractivity contribution in [3.8, 4) is 0 Å². The summed E-state index contributed by atoms with van der Waals surface area (Å²) in [5.41, 5.74) is 0. The Hall–Kier alpha value is -1.06. The van der Waals surface area contributed by atoms with Gasteiger partial charge in [-0.15, -0.1) is 0 Å². The zero-order valence-corrected chi connectivity index (χ0v) is 11.9. The van der Waals surface area contributed by atoms with Crippen LogP contribution in [0.25, 0.3) is 0 Å². The normalized spacial score (nSPS) is 30.1. The monoisotopic (exact) mass is 268 g/mol. The smallest absolute Gasteiger partial charge is 0.309 e. The lowest BCUT2D eigenvalue weighted by molar-refractivity contribution is -0.158. The molecular weight excluding hydrogens is 244 g/mol. The van der Waals surface area contributed by atoms with Gasteiger partial charge in [-0.3, -0.25) is 9.59 Å². The van der Waals surface area contributed by atoms with E-state index < -0.39 is 0 Å². The van der Waals surface area contributed by atoms with Gasteiger partial charge in [-0.1, -0.05) is 20.3 Å². The van der Waals surface area contributed by atoms with Gasteiger partial charge in [-0.05, 0) is 37.5 Å². The van der Waals surface area contributed by atoms with E-state index in [9.17, 15) is 9.59 Å². The maximum atomic E-state index is 11.9. The van der Waals surface area contributed by atoms with Gasteiger partial charge in [0.05, 0.1) is 11.8 Å². The molecule has 2 rings (SSSR count). The van der Waals surface area contributed by atoms with E-state index in [1.54, 1.807) is 0 Å². The molecule has 0 spiro atoms. The van der Waals surface area contributed by atoms with E-state index in [0.29, 0.717) is 5.92 Å². The quantitative estimate of drug-likeness (QED) is 0.549. The Morgan fingerprint density at radius 3 is 2.47 bits per heavy atom. The van der Waals surface area contributed by atoms with E-state index in [2.05, 4.69) is 0 Å². The summed E-state index contributed by atoms with van der Waals surface area (Å²) in [5.74, 6) is 1.00. The topological polar surface area (TPSA) is 52.6 Å². The van der Waals surface area contributed by atoms with Gasteiger partial charge in [-0.2, -0.15) is 0 Å². The maximum Gasteiger partial charge on any atom is 0.309 e. The third kappa shape index (κ3) is 3.48. The predicted molar refractivity (Wildman–Crippen MR) is 70.3 cm³/mol. The Bertz CT molecular complexity index is 339. The summed E-state index contributed by atoms with van der Waals surface area (Å²) in [6, 6.07) is 0. The minimum absolute atomic E-state index is 0.0822. The second-order valence-corrected chi connectivity index (χ2v) is 5.93. The molecule has 19 heavy (non-hydrogen) atoms. The van der Waals surface area contributed by atoms with Gasteiger partial charge < -0.3 is 9.47 Å². The first-order valence-electron chi connectivity index (χ1n) is 7.45. The van der Waals surface area contributed by atoms with Gasteiger partial charge in [0.15, 0.2) is 0 Å². The van der Waals surface area contributed by atoms with Crippen molar-refractivity contribution in [1.29, 1.82) is 0 Å². The van der Waals surface area contributed by atoms with Crippen LogP contribution in [0.15, 0.2) is 0 Å². The van der Waals surface area contributed by atoms with Gasteiger partial charge >= 0.3 is 11.9 Å². The van der Waals surface area contributed by atoms with Crippen LogP contribution in [0.1, 0.15) is 46.0 Å². The van der Waals surface area contributed by atoms with Gasteiger partial charge in [-0.25, -0.2) is 0 Å². The third-order valence-electron chi connectivity index (χ3n) is 4.63. The molecule has 2 aliphatic carbocycles. The maximum absolute atomic E-state index is 11.9. The summed E-state index contributed by atoms with van der Waals surface area (Å²) < 4.78 is 10.3. The first kappa shape index (κ1) is 14.4. The van der Waals surface area contributed by atoms with Gasteiger partial charge in [0, 0.05) is 0 Å². The zero-order chi connectivity index (χ0) is 13.8. The largest absolute Gasteiger partial charge is 0.462 e. The van der Waals surface area contributed by atoms with Crippen LogP contribution in [0, 0.1) is 23.7 Å². The van der Waals surface area contributed by atoms with Crippen molar-refractivity contribution in [3.05, 3.63) is 0 Å². The number of esters is 2. The van der Waals surface area contributed by atoms with Crippen molar-refractivity contribution in [3.63, 3.8) is 0 Å². The highest BCUT2D eigenvalue weighted by atomic mass is 16.6. The highest BCUT2D eigenvalue weighted by Gasteiger charge is 2.43. The fourth-order valence-electron chi connectivity index (χ4n) is 3.23.